The van der Waals surface area contributed by atoms with Crippen molar-refractivity contribution in [3.8, 4) is 5.75 Å². The lowest BCUT2D eigenvalue weighted by Gasteiger charge is -2.17. The fourth-order valence-electron chi connectivity index (χ4n) is 1.26. The first-order valence-electron chi connectivity index (χ1n) is 4.92. The van der Waals surface area contributed by atoms with Gasteiger partial charge in [-0.1, -0.05) is 6.92 Å². The largest absolute Gasteiger partial charge is 0.465 e. The Labute approximate surface area is 95.4 Å². The summed E-state index contributed by atoms with van der Waals surface area (Å²) in [7, 11) is 1.63. The van der Waals surface area contributed by atoms with Crippen molar-refractivity contribution >= 4 is 11.6 Å². The van der Waals surface area contributed by atoms with E-state index >= 15 is 0 Å². The van der Waals surface area contributed by atoms with Gasteiger partial charge in [0.25, 0.3) is 0 Å². The lowest BCUT2D eigenvalue weighted by molar-refractivity contribution is -0.0552. The molecule has 0 radical (unpaired) electrons. The van der Waals surface area contributed by atoms with E-state index in [9.17, 15) is 0 Å². The van der Waals surface area contributed by atoms with Crippen molar-refractivity contribution in [3.63, 3.8) is 0 Å². The number of rotatable bonds is 5. The van der Waals surface area contributed by atoms with Crippen LogP contribution < -0.4 is 4.74 Å². The Morgan fingerprint density at radius 2 is 2.27 bits per heavy atom. The summed E-state index contributed by atoms with van der Waals surface area (Å²) in [6.45, 7) is 3.95. The second-order valence-electron chi connectivity index (χ2n) is 3.21. The first-order valence-corrected chi connectivity index (χ1v) is 5.46. The molecule has 0 aliphatic rings. The van der Waals surface area contributed by atoms with E-state index in [0.717, 1.165) is 23.4 Å². The Balaban J connectivity index is 2.85. The van der Waals surface area contributed by atoms with Crippen molar-refractivity contribution < 1.29 is 9.47 Å². The van der Waals surface area contributed by atoms with Crippen LogP contribution in [-0.2, 0) is 10.6 Å². The molecular formula is C11H16ClNO2. The van der Waals surface area contributed by atoms with Crippen LogP contribution in [0, 0.1) is 6.92 Å². The second-order valence-corrected chi connectivity index (χ2v) is 3.47. The molecule has 0 saturated heterocycles. The van der Waals surface area contributed by atoms with Crippen LogP contribution in [0.25, 0.3) is 0 Å². The van der Waals surface area contributed by atoms with Gasteiger partial charge in [-0.3, -0.25) is 4.98 Å². The summed E-state index contributed by atoms with van der Waals surface area (Å²) in [5.74, 6) is 1.18. The molecule has 1 heterocycles. The normalized spacial score (nSPS) is 12.5. The number of ether oxygens (including phenoxy) is 2. The summed E-state index contributed by atoms with van der Waals surface area (Å²) >= 11 is 5.76. The van der Waals surface area contributed by atoms with Gasteiger partial charge in [0, 0.05) is 25.3 Å². The molecule has 0 amide bonds. The van der Waals surface area contributed by atoms with Crippen molar-refractivity contribution in [3.05, 3.63) is 23.5 Å². The van der Waals surface area contributed by atoms with Gasteiger partial charge in [-0.25, -0.2) is 0 Å². The van der Waals surface area contributed by atoms with Crippen molar-refractivity contribution in [2.24, 2.45) is 0 Å². The topological polar surface area (TPSA) is 31.4 Å². The smallest absolute Gasteiger partial charge is 0.199 e. The van der Waals surface area contributed by atoms with Crippen LogP contribution in [0.4, 0.5) is 0 Å². The molecule has 4 heteroatoms. The third-order valence-electron chi connectivity index (χ3n) is 2.24. The van der Waals surface area contributed by atoms with E-state index in [0.29, 0.717) is 5.88 Å². The molecule has 0 aliphatic heterocycles. The Bertz CT molecular complexity index is 313. The maximum absolute atomic E-state index is 5.76. The van der Waals surface area contributed by atoms with Crippen LogP contribution >= 0.6 is 11.6 Å². The highest BCUT2D eigenvalue weighted by molar-refractivity contribution is 6.17. The molecule has 1 rings (SSSR count). The Morgan fingerprint density at radius 1 is 1.53 bits per heavy atom. The van der Waals surface area contributed by atoms with Gasteiger partial charge in [0.15, 0.2) is 6.29 Å². The number of methoxy groups -OCH3 is 1. The number of hydrogen-bond acceptors (Lipinski definition) is 3. The van der Waals surface area contributed by atoms with Crippen LogP contribution in [0.2, 0.25) is 0 Å². The average Bonchev–Trinajstić information content (AvgIpc) is 2.28. The molecule has 0 unspecified atom stereocenters. The molecule has 1 aromatic heterocycles. The van der Waals surface area contributed by atoms with Gasteiger partial charge in [-0.15, -0.1) is 11.6 Å². The van der Waals surface area contributed by atoms with Gasteiger partial charge >= 0.3 is 0 Å². The van der Waals surface area contributed by atoms with Gasteiger partial charge in [0.05, 0.1) is 11.6 Å². The van der Waals surface area contributed by atoms with Crippen LogP contribution in [-0.4, -0.2) is 18.4 Å². The molecule has 15 heavy (non-hydrogen) atoms. The Hall–Kier alpha value is -0.800. The van der Waals surface area contributed by atoms with Crippen LogP contribution in [0.15, 0.2) is 12.3 Å². The molecule has 84 valence electrons. The SMILES string of the molecule is CC[C@H](OC)Oc1ccnc(CCl)c1C. The van der Waals surface area contributed by atoms with Crippen LogP contribution in [0.3, 0.4) is 0 Å². The van der Waals surface area contributed by atoms with E-state index in [1.54, 1.807) is 13.3 Å². The van der Waals surface area contributed by atoms with E-state index in [2.05, 4.69) is 4.98 Å². The maximum atomic E-state index is 5.76. The fourth-order valence-corrected chi connectivity index (χ4v) is 1.53. The predicted molar refractivity (Wildman–Crippen MR) is 60.2 cm³/mol. The van der Waals surface area contributed by atoms with Gasteiger partial charge in [0.2, 0.25) is 0 Å². The van der Waals surface area contributed by atoms with Gasteiger partial charge < -0.3 is 9.47 Å². The highest BCUT2D eigenvalue weighted by Gasteiger charge is 2.10. The summed E-state index contributed by atoms with van der Waals surface area (Å²) in [6, 6.07) is 1.83. The third kappa shape index (κ3) is 3.08. The monoisotopic (exact) mass is 229 g/mol. The standard InChI is InChI=1S/C11H16ClNO2/c1-4-11(14-3)15-10-5-6-13-9(7-12)8(10)2/h5-6,11H,4,7H2,1-3H3/t11-/m1/s1. The number of hydrogen-bond donors (Lipinski definition) is 0. The van der Waals surface area contributed by atoms with Crippen LogP contribution in [0.5, 0.6) is 5.75 Å². The first-order chi connectivity index (χ1) is 7.22. The first kappa shape index (κ1) is 12.3. The van der Waals surface area contributed by atoms with E-state index < -0.39 is 0 Å². The third-order valence-corrected chi connectivity index (χ3v) is 2.49. The molecule has 0 saturated carbocycles. The molecule has 1 aromatic rings. The number of pyridine rings is 1. The Morgan fingerprint density at radius 3 is 2.80 bits per heavy atom. The van der Waals surface area contributed by atoms with Crippen molar-refractivity contribution in [1.29, 1.82) is 0 Å². The summed E-state index contributed by atoms with van der Waals surface area (Å²) in [5.41, 5.74) is 1.82. The zero-order valence-electron chi connectivity index (χ0n) is 9.29. The average molecular weight is 230 g/mol. The van der Waals surface area contributed by atoms with E-state index in [-0.39, 0.29) is 6.29 Å². The molecular weight excluding hydrogens is 214 g/mol. The lowest BCUT2D eigenvalue weighted by atomic mass is 10.2. The molecule has 3 nitrogen and oxygen atoms in total. The van der Waals surface area contributed by atoms with E-state index in [4.69, 9.17) is 21.1 Å². The number of nitrogens with zero attached hydrogens (tertiary/aromatic N) is 1. The number of alkyl halides is 1. The van der Waals surface area contributed by atoms with Crippen molar-refractivity contribution in [2.75, 3.05) is 7.11 Å². The van der Waals surface area contributed by atoms with Crippen molar-refractivity contribution in [1.82, 2.24) is 4.98 Å². The number of aromatic nitrogens is 1. The minimum Gasteiger partial charge on any atom is -0.465 e. The molecule has 0 spiro atoms. The summed E-state index contributed by atoms with van der Waals surface area (Å²) < 4.78 is 10.8. The molecule has 0 fully saturated rings. The molecule has 0 aromatic carbocycles. The predicted octanol–water partition coefficient (Wildman–Crippen LogP) is 2.89. The van der Waals surface area contributed by atoms with Gasteiger partial charge in [-0.2, -0.15) is 0 Å². The van der Waals surface area contributed by atoms with E-state index in [1.165, 1.54) is 0 Å². The molecule has 0 N–H and O–H groups in total. The van der Waals surface area contributed by atoms with Crippen LogP contribution in [0.1, 0.15) is 24.6 Å². The molecule has 0 aliphatic carbocycles. The molecule has 1 atom stereocenters. The minimum atomic E-state index is -0.214. The van der Waals surface area contributed by atoms with Gasteiger partial charge in [0.1, 0.15) is 5.75 Å². The highest BCUT2D eigenvalue weighted by atomic mass is 35.5. The van der Waals surface area contributed by atoms with Crippen molar-refractivity contribution in [2.45, 2.75) is 32.4 Å². The maximum Gasteiger partial charge on any atom is 0.199 e. The lowest BCUT2D eigenvalue weighted by Crippen LogP contribution is -2.18. The summed E-state index contributed by atoms with van der Waals surface area (Å²) in [6.07, 6.45) is 2.28. The number of halogens is 1. The minimum absolute atomic E-state index is 0.214. The second kappa shape index (κ2) is 5.93. The zero-order chi connectivity index (χ0) is 11.3. The zero-order valence-corrected chi connectivity index (χ0v) is 10.0. The summed E-state index contributed by atoms with van der Waals surface area (Å²) in [4.78, 5) is 4.16. The quantitative estimate of drug-likeness (QED) is 0.575. The highest BCUT2D eigenvalue weighted by Crippen LogP contribution is 2.22. The Kier molecular flexibility index (Phi) is 4.85. The summed E-state index contributed by atoms with van der Waals surface area (Å²) in [5, 5.41) is 0. The molecule has 0 bridgehead atoms. The fraction of sp³-hybridized carbons (Fsp3) is 0.545. The van der Waals surface area contributed by atoms with E-state index in [1.807, 2.05) is 19.9 Å². The van der Waals surface area contributed by atoms with Gasteiger partial charge in [-0.05, 0) is 13.0 Å².